The van der Waals surface area contributed by atoms with E-state index < -0.39 is 0 Å². The summed E-state index contributed by atoms with van der Waals surface area (Å²) in [5.74, 6) is 0.431. The van der Waals surface area contributed by atoms with Gasteiger partial charge in [0.1, 0.15) is 5.82 Å². The van der Waals surface area contributed by atoms with Gasteiger partial charge in [0.15, 0.2) is 0 Å². The molecule has 0 fully saturated rings. The van der Waals surface area contributed by atoms with Crippen molar-refractivity contribution in [2.24, 2.45) is 0 Å². The van der Waals surface area contributed by atoms with E-state index in [0.717, 1.165) is 5.69 Å². The average molecular weight is 294 g/mol. The second-order valence-electron chi connectivity index (χ2n) is 4.47. The molecule has 0 bridgehead atoms. The molecule has 6 nitrogen and oxygen atoms in total. The summed E-state index contributed by atoms with van der Waals surface area (Å²) in [6, 6.07) is 5.32. The topological polar surface area (TPSA) is 73.9 Å². The summed E-state index contributed by atoms with van der Waals surface area (Å²) in [7, 11) is 3.80. The van der Waals surface area contributed by atoms with Gasteiger partial charge >= 0.3 is 0 Å². The third-order valence-electron chi connectivity index (χ3n) is 2.76. The maximum atomic E-state index is 12.0. The summed E-state index contributed by atoms with van der Waals surface area (Å²) in [5.41, 5.74) is 1.49. The number of hydrogen-bond donors (Lipinski definition) is 2. The summed E-state index contributed by atoms with van der Waals surface area (Å²) in [6.07, 6.45) is 0.698. The van der Waals surface area contributed by atoms with Gasteiger partial charge in [-0.15, -0.1) is 5.10 Å². The van der Waals surface area contributed by atoms with Gasteiger partial charge in [-0.05, 0) is 18.2 Å². The Morgan fingerprint density at radius 3 is 2.75 bits per heavy atom. The zero-order valence-corrected chi connectivity index (χ0v) is 12.3. The second kappa shape index (κ2) is 5.92. The van der Waals surface area contributed by atoms with Crippen molar-refractivity contribution >= 4 is 28.9 Å². The number of aromatic nitrogens is 3. The fraction of sp³-hybridized carbons (Fsp3) is 0.308. The van der Waals surface area contributed by atoms with E-state index in [9.17, 15) is 4.79 Å². The standard InChI is InChI=1S/C13H16ClN5O/c1-4-11-16-12(18-17-11)13(20)15-8-5-6-10(19(2)3)9(14)7-8/h5-7H,4H2,1-3H3,(H,15,20)(H,16,17,18). The normalized spacial score (nSPS) is 10.4. The lowest BCUT2D eigenvalue weighted by Crippen LogP contribution is -2.14. The molecule has 0 aliphatic heterocycles. The number of benzene rings is 1. The van der Waals surface area contributed by atoms with Crippen LogP contribution in [0, 0.1) is 0 Å². The van der Waals surface area contributed by atoms with Crippen LogP contribution in [-0.2, 0) is 6.42 Å². The van der Waals surface area contributed by atoms with Crippen molar-refractivity contribution in [1.82, 2.24) is 15.2 Å². The third kappa shape index (κ3) is 3.08. The third-order valence-corrected chi connectivity index (χ3v) is 3.06. The first-order chi connectivity index (χ1) is 9.51. The Bertz CT molecular complexity index is 623. The maximum Gasteiger partial charge on any atom is 0.295 e. The molecule has 0 unspecified atom stereocenters. The monoisotopic (exact) mass is 293 g/mol. The minimum Gasteiger partial charge on any atom is -0.376 e. The SMILES string of the molecule is CCc1nc(C(=O)Nc2ccc(N(C)C)c(Cl)c2)n[nH]1. The van der Waals surface area contributed by atoms with Gasteiger partial charge in [0, 0.05) is 26.2 Å². The van der Waals surface area contributed by atoms with Crippen LogP contribution < -0.4 is 10.2 Å². The molecule has 106 valence electrons. The maximum absolute atomic E-state index is 12.0. The second-order valence-corrected chi connectivity index (χ2v) is 4.88. The van der Waals surface area contributed by atoms with Crippen LogP contribution in [0.5, 0.6) is 0 Å². The van der Waals surface area contributed by atoms with Crippen molar-refractivity contribution in [1.29, 1.82) is 0 Å². The van der Waals surface area contributed by atoms with Gasteiger partial charge in [-0.2, -0.15) is 0 Å². The zero-order valence-electron chi connectivity index (χ0n) is 11.6. The quantitative estimate of drug-likeness (QED) is 0.907. The predicted molar refractivity (Wildman–Crippen MR) is 79.5 cm³/mol. The first kappa shape index (κ1) is 14.3. The van der Waals surface area contributed by atoms with E-state index in [4.69, 9.17) is 11.6 Å². The van der Waals surface area contributed by atoms with Crippen LogP contribution in [-0.4, -0.2) is 35.2 Å². The summed E-state index contributed by atoms with van der Waals surface area (Å²) in [5, 5.41) is 9.85. The van der Waals surface area contributed by atoms with Crippen molar-refractivity contribution in [3.8, 4) is 0 Å². The van der Waals surface area contributed by atoms with Crippen LogP contribution in [0.1, 0.15) is 23.4 Å². The fourth-order valence-corrected chi connectivity index (χ4v) is 2.04. The Hall–Kier alpha value is -2.08. The molecule has 0 saturated heterocycles. The van der Waals surface area contributed by atoms with Crippen molar-refractivity contribution in [2.45, 2.75) is 13.3 Å². The Labute approximate surface area is 122 Å². The molecule has 1 amide bonds. The molecule has 0 radical (unpaired) electrons. The molecule has 1 aromatic heterocycles. The van der Waals surface area contributed by atoms with Crippen LogP contribution >= 0.6 is 11.6 Å². The van der Waals surface area contributed by atoms with Gasteiger partial charge in [0.25, 0.3) is 5.91 Å². The summed E-state index contributed by atoms with van der Waals surface area (Å²) in [6.45, 7) is 1.93. The molecule has 0 aliphatic rings. The molecule has 2 N–H and O–H groups in total. The smallest absolute Gasteiger partial charge is 0.295 e. The van der Waals surface area contributed by atoms with Crippen molar-refractivity contribution in [3.63, 3.8) is 0 Å². The van der Waals surface area contributed by atoms with Gasteiger partial charge in [-0.25, -0.2) is 4.98 Å². The molecule has 0 aliphatic carbocycles. The lowest BCUT2D eigenvalue weighted by molar-refractivity contribution is 0.101. The van der Waals surface area contributed by atoms with E-state index in [2.05, 4.69) is 20.5 Å². The van der Waals surface area contributed by atoms with Gasteiger partial charge in [0.2, 0.25) is 5.82 Å². The van der Waals surface area contributed by atoms with Crippen molar-refractivity contribution in [2.75, 3.05) is 24.3 Å². The molecule has 0 atom stereocenters. The number of carbonyl (C=O) groups excluding carboxylic acids is 1. The first-order valence-corrected chi connectivity index (χ1v) is 6.58. The van der Waals surface area contributed by atoms with E-state index in [1.807, 2.05) is 32.0 Å². The van der Waals surface area contributed by atoms with Crippen LogP contribution in [0.4, 0.5) is 11.4 Å². The number of anilines is 2. The highest BCUT2D eigenvalue weighted by Crippen LogP contribution is 2.27. The molecule has 20 heavy (non-hydrogen) atoms. The minimum atomic E-state index is -0.366. The lowest BCUT2D eigenvalue weighted by atomic mass is 10.2. The fourth-order valence-electron chi connectivity index (χ4n) is 1.69. The highest BCUT2D eigenvalue weighted by atomic mass is 35.5. The van der Waals surface area contributed by atoms with E-state index in [1.165, 1.54) is 0 Å². The molecule has 1 heterocycles. The van der Waals surface area contributed by atoms with Gasteiger partial charge in [0.05, 0.1) is 10.7 Å². The highest BCUT2D eigenvalue weighted by Gasteiger charge is 2.13. The van der Waals surface area contributed by atoms with E-state index in [0.29, 0.717) is 23.0 Å². The first-order valence-electron chi connectivity index (χ1n) is 6.20. The van der Waals surface area contributed by atoms with Crippen LogP contribution in [0.25, 0.3) is 0 Å². The van der Waals surface area contributed by atoms with E-state index >= 15 is 0 Å². The molecule has 2 aromatic rings. The number of amides is 1. The Morgan fingerprint density at radius 1 is 1.45 bits per heavy atom. The summed E-state index contributed by atoms with van der Waals surface area (Å²) >= 11 is 6.15. The van der Waals surface area contributed by atoms with Crippen molar-refractivity contribution in [3.05, 3.63) is 34.9 Å². The minimum absolute atomic E-state index is 0.120. The highest BCUT2D eigenvalue weighted by molar-refractivity contribution is 6.33. The number of nitrogens with one attached hydrogen (secondary N) is 2. The molecule has 1 aromatic carbocycles. The number of halogens is 1. The predicted octanol–water partition coefficient (Wildman–Crippen LogP) is 2.34. The van der Waals surface area contributed by atoms with Crippen molar-refractivity contribution < 1.29 is 4.79 Å². The van der Waals surface area contributed by atoms with Gasteiger partial charge < -0.3 is 10.2 Å². The number of nitrogens with zero attached hydrogens (tertiary/aromatic N) is 3. The number of aromatic amines is 1. The molecular formula is C13H16ClN5O. The lowest BCUT2D eigenvalue weighted by Gasteiger charge is -2.15. The molecule has 0 spiro atoms. The average Bonchev–Trinajstić information content (AvgIpc) is 2.87. The van der Waals surface area contributed by atoms with Crippen LogP contribution in [0.15, 0.2) is 18.2 Å². The van der Waals surface area contributed by atoms with Crippen LogP contribution in [0.2, 0.25) is 5.02 Å². The molecular weight excluding hydrogens is 278 g/mol. The zero-order chi connectivity index (χ0) is 14.7. The number of aryl methyl sites for hydroxylation is 1. The Kier molecular flexibility index (Phi) is 4.24. The molecule has 0 saturated carbocycles. The van der Waals surface area contributed by atoms with Gasteiger partial charge in [-0.3, -0.25) is 9.89 Å². The Balaban J connectivity index is 2.13. The largest absolute Gasteiger partial charge is 0.376 e. The molecule has 7 heteroatoms. The van der Waals surface area contributed by atoms with Crippen LogP contribution in [0.3, 0.4) is 0 Å². The van der Waals surface area contributed by atoms with E-state index in [1.54, 1.807) is 12.1 Å². The number of H-pyrrole nitrogens is 1. The van der Waals surface area contributed by atoms with Gasteiger partial charge in [-0.1, -0.05) is 18.5 Å². The van der Waals surface area contributed by atoms with E-state index in [-0.39, 0.29) is 11.7 Å². The Morgan fingerprint density at radius 2 is 2.20 bits per heavy atom. The number of hydrogen-bond acceptors (Lipinski definition) is 4. The molecule has 2 rings (SSSR count). The summed E-state index contributed by atoms with van der Waals surface area (Å²) in [4.78, 5) is 17.9. The number of rotatable bonds is 4. The number of carbonyl (C=O) groups is 1. The summed E-state index contributed by atoms with van der Waals surface area (Å²) < 4.78 is 0.